The smallest absolute Gasteiger partial charge is 0.141 e. The van der Waals surface area contributed by atoms with E-state index in [4.69, 9.17) is 23.2 Å². The summed E-state index contributed by atoms with van der Waals surface area (Å²) in [5.74, 6) is -0.521. The largest absolute Gasteiger partial charge is 0.381 e. The second kappa shape index (κ2) is 12.6. The molecule has 0 aliphatic carbocycles. The Morgan fingerprint density at radius 3 is 2.49 bits per heavy atom. The van der Waals surface area contributed by atoms with Crippen LogP contribution in [0.5, 0.6) is 0 Å². The Hall–Kier alpha value is -4.16. The van der Waals surface area contributed by atoms with E-state index >= 15 is 0 Å². The van der Waals surface area contributed by atoms with Crippen molar-refractivity contribution in [3.8, 4) is 17.3 Å². The van der Waals surface area contributed by atoms with Gasteiger partial charge in [0.05, 0.1) is 38.8 Å². The van der Waals surface area contributed by atoms with Gasteiger partial charge in [-0.25, -0.2) is 9.37 Å². The van der Waals surface area contributed by atoms with E-state index in [0.29, 0.717) is 45.5 Å². The molecule has 6 rings (SSSR count). The Labute approximate surface area is 259 Å². The van der Waals surface area contributed by atoms with Gasteiger partial charge in [0.1, 0.15) is 11.9 Å². The van der Waals surface area contributed by atoms with Crippen molar-refractivity contribution in [1.29, 1.82) is 5.26 Å². The van der Waals surface area contributed by atoms with Crippen molar-refractivity contribution in [3.63, 3.8) is 0 Å². The van der Waals surface area contributed by atoms with Crippen LogP contribution in [-0.2, 0) is 6.54 Å². The summed E-state index contributed by atoms with van der Waals surface area (Å²) in [6.07, 6.45) is 7.89. The number of nitrogens with one attached hydrogen (secondary N) is 2. The molecule has 5 aromatic rings. The van der Waals surface area contributed by atoms with Crippen molar-refractivity contribution in [2.45, 2.75) is 32.4 Å². The molecule has 1 aliphatic heterocycles. The molecule has 43 heavy (non-hydrogen) atoms. The lowest BCUT2D eigenvalue weighted by atomic mass is 10.0. The molecule has 0 unspecified atom stereocenters. The number of halogens is 3. The highest BCUT2D eigenvalue weighted by molar-refractivity contribution is 6.36. The highest BCUT2D eigenvalue weighted by atomic mass is 35.5. The number of nitriles is 1. The van der Waals surface area contributed by atoms with E-state index in [-0.39, 0.29) is 5.02 Å². The summed E-state index contributed by atoms with van der Waals surface area (Å²) in [7, 11) is 0. The van der Waals surface area contributed by atoms with E-state index in [2.05, 4.69) is 73.5 Å². The number of pyridine rings is 1. The number of benzene rings is 3. The molecule has 0 radical (unpaired) electrons. The third kappa shape index (κ3) is 6.30. The summed E-state index contributed by atoms with van der Waals surface area (Å²) in [5, 5.41) is 17.5. The number of anilines is 3. The van der Waals surface area contributed by atoms with Crippen LogP contribution in [0.15, 0.2) is 73.3 Å². The summed E-state index contributed by atoms with van der Waals surface area (Å²) in [4.78, 5) is 11.6. The van der Waals surface area contributed by atoms with Crippen LogP contribution in [-0.4, -0.2) is 39.1 Å². The summed E-state index contributed by atoms with van der Waals surface area (Å²) < 4.78 is 16.0. The first kappa shape index (κ1) is 28.9. The van der Waals surface area contributed by atoms with Crippen LogP contribution in [0.3, 0.4) is 0 Å². The molecule has 1 saturated heterocycles. The minimum absolute atomic E-state index is 0.0192. The lowest BCUT2D eigenvalue weighted by Gasteiger charge is -2.31. The van der Waals surface area contributed by atoms with Gasteiger partial charge in [-0.05, 0) is 55.3 Å². The first-order valence-electron chi connectivity index (χ1n) is 14.2. The van der Waals surface area contributed by atoms with Crippen LogP contribution in [0.2, 0.25) is 10.0 Å². The molecule has 1 aliphatic rings. The van der Waals surface area contributed by atoms with Gasteiger partial charge in [0.15, 0.2) is 0 Å². The molecule has 0 atom stereocenters. The molecule has 0 saturated carbocycles. The number of fused-ring (bicyclic) bond motifs is 1. The van der Waals surface area contributed by atoms with Crippen LogP contribution in [0.1, 0.15) is 36.9 Å². The molecular formula is C33H30Cl2FN7. The number of nitrogens with zero attached hydrogens (tertiary/aromatic N) is 5. The monoisotopic (exact) mass is 613 g/mol. The summed E-state index contributed by atoms with van der Waals surface area (Å²) in [6.45, 7) is 6.17. The number of hydrogen-bond donors (Lipinski definition) is 2. The lowest BCUT2D eigenvalue weighted by molar-refractivity contribution is 0.194. The van der Waals surface area contributed by atoms with Crippen molar-refractivity contribution >= 4 is 51.2 Å². The van der Waals surface area contributed by atoms with Crippen LogP contribution >= 0.6 is 23.2 Å². The Kier molecular flexibility index (Phi) is 8.48. The number of imidazole rings is 1. The van der Waals surface area contributed by atoms with E-state index < -0.39 is 5.82 Å². The zero-order chi connectivity index (χ0) is 29.9. The van der Waals surface area contributed by atoms with Gasteiger partial charge in [-0.1, -0.05) is 54.4 Å². The molecule has 0 amide bonds. The summed E-state index contributed by atoms with van der Waals surface area (Å²) >= 11 is 12.6. The van der Waals surface area contributed by atoms with Crippen LogP contribution in [0, 0.1) is 17.1 Å². The first-order valence-corrected chi connectivity index (χ1v) is 15.0. The third-order valence-electron chi connectivity index (χ3n) is 8.01. The Bertz CT molecular complexity index is 1810. The van der Waals surface area contributed by atoms with Gasteiger partial charge in [0.25, 0.3) is 0 Å². The second-order valence-corrected chi connectivity index (χ2v) is 11.5. The number of aromatic nitrogens is 3. The van der Waals surface area contributed by atoms with Gasteiger partial charge in [0.2, 0.25) is 0 Å². The molecule has 3 heterocycles. The van der Waals surface area contributed by atoms with Crippen LogP contribution in [0.25, 0.3) is 22.2 Å². The van der Waals surface area contributed by atoms with E-state index in [1.165, 1.54) is 18.3 Å². The average molecular weight is 615 g/mol. The Balaban J connectivity index is 1.18. The Morgan fingerprint density at radius 2 is 1.77 bits per heavy atom. The fourth-order valence-corrected chi connectivity index (χ4v) is 5.96. The van der Waals surface area contributed by atoms with Crippen LogP contribution < -0.4 is 10.6 Å². The number of rotatable bonds is 8. The molecule has 218 valence electrons. The molecule has 7 nitrogen and oxygen atoms in total. The maximum atomic E-state index is 13.7. The quantitative estimate of drug-likeness (QED) is 0.183. The van der Waals surface area contributed by atoms with Gasteiger partial charge in [0, 0.05) is 60.4 Å². The third-order valence-corrected chi connectivity index (χ3v) is 8.59. The minimum Gasteiger partial charge on any atom is -0.381 e. The molecule has 0 bridgehead atoms. The normalized spacial score (nSPS) is 14.1. The predicted octanol–water partition coefficient (Wildman–Crippen LogP) is 8.43. The fraction of sp³-hybridized carbons (Fsp3) is 0.242. The van der Waals surface area contributed by atoms with Gasteiger partial charge in [-0.3, -0.25) is 4.98 Å². The lowest BCUT2D eigenvalue weighted by Crippen LogP contribution is -2.34. The zero-order valence-electron chi connectivity index (χ0n) is 23.6. The SMILES string of the molecule is CCN1CCC(n2cnc(-c3ccc(CNc4cc(Cl)c5ncc(C#N)c(Nc6ccc(F)c(Cl)c6)c5c4)cc3)c2)CC1. The van der Waals surface area contributed by atoms with Gasteiger partial charge in [-0.2, -0.15) is 5.26 Å². The summed E-state index contributed by atoms with van der Waals surface area (Å²) in [6, 6.07) is 19.0. The summed E-state index contributed by atoms with van der Waals surface area (Å²) in [5.41, 5.74) is 5.83. The zero-order valence-corrected chi connectivity index (χ0v) is 25.1. The fourth-order valence-electron chi connectivity index (χ4n) is 5.52. The molecule has 0 spiro atoms. The second-order valence-electron chi connectivity index (χ2n) is 10.7. The van der Waals surface area contributed by atoms with Crippen molar-refractivity contribution in [2.75, 3.05) is 30.3 Å². The molecule has 10 heteroatoms. The van der Waals surface area contributed by atoms with Crippen molar-refractivity contribution in [1.82, 2.24) is 19.4 Å². The Morgan fingerprint density at radius 1 is 1.00 bits per heavy atom. The molecule has 2 N–H and O–H groups in total. The standard InChI is InChI=1S/C33H30Cl2FN7/c1-2-42-11-9-26(10-12-42)43-19-31(40-20-43)22-5-3-21(4-6-22)17-38-25-13-27-32(41-24-7-8-30(36)28(34)14-24)23(16-37)18-39-33(27)29(35)15-25/h3-8,13-15,18-20,26,38H,2,9-12,17H2,1H3,(H,39,41). The van der Waals surface area contributed by atoms with E-state index in [0.717, 1.165) is 55.0 Å². The maximum absolute atomic E-state index is 13.7. The highest BCUT2D eigenvalue weighted by Crippen LogP contribution is 2.36. The molecule has 3 aromatic carbocycles. The molecule has 2 aromatic heterocycles. The van der Waals surface area contributed by atoms with E-state index in [1.54, 1.807) is 6.07 Å². The first-order chi connectivity index (χ1) is 20.9. The topological polar surface area (TPSA) is 81.8 Å². The van der Waals surface area contributed by atoms with Crippen molar-refractivity contribution in [3.05, 3.63) is 100 Å². The van der Waals surface area contributed by atoms with Crippen LogP contribution in [0.4, 0.5) is 21.5 Å². The number of piperidine rings is 1. The van der Waals surface area contributed by atoms with Gasteiger partial charge < -0.3 is 20.1 Å². The maximum Gasteiger partial charge on any atom is 0.141 e. The number of likely N-dealkylation sites (tertiary alicyclic amines) is 1. The van der Waals surface area contributed by atoms with E-state index in [1.807, 2.05) is 18.5 Å². The highest BCUT2D eigenvalue weighted by Gasteiger charge is 2.20. The van der Waals surface area contributed by atoms with E-state index in [9.17, 15) is 9.65 Å². The van der Waals surface area contributed by atoms with Gasteiger partial charge in [-0.15, -0.1) is 0 Å². The van der Waals surface area contributed by atoms with Gasteiger partial charge >= 0.3 is 0 Å². The molecular weight excluding hydrogens is 584 g/mol. The molecule has 1 fully saturated rings. The number of hydrogen-bond acceptors (Lipinski definition) is 6. The predicted molar refractivity (Wildman–Crippen MR) is 172 cm³/mol. The minimum atomic E-state index is -0.521. The average Bonchev–Trinajstić information content (AvgIpc) is 3.53. The van der Waals surface area contributed by atoms with Crippen molar-refractivity contribution in [2.24, 2.45) is 0 Å². The van der Waals surface area contributed by atoms with Crippen molar-refractivity contribution < 1.29 is 4.39 Å².